The first-order valence-electron chi connectivity index (χ1n) is 12.6. The molecule has 1 aliphatic heterocycles. The lowest BCUT2D eigenvalue weighted by Crippen LogP contribution is -2.26. The van der Waals surface area contributed by atoms with E-state index in [2.05, 4.69) is 30.8 Å². The van der Waals surface area contributed by atoms with Crippen molar-refractivity contribution in [3.8, 4) is 0 Å². The van der Waals surface area contributed by atoms with E-state index in [4.69, 9.17) is 0 Å². The van der Waals surface area contributed by atoms with Crippen LogP contribution in [0.3, 0.4) is 0 Å². The Morgan fingerprint density at radius 2 is 1.11 bits per heavy atom. The standard InChI is InChI=1S/C25H52N2/c1-4-5-6-7-8-9-10-11-12-13-14-15-16-17-18-19-21-27-22-20-25(24-27)23-26(2)3/h25H,4-24H2,1-3H3. The predicted molar refractivity (Wildman–Crippen MR) is 123 cm³/mol. The Balaban J connectivity index is 1.73. The summed E-state index contributed by atoms with van der Waals surface area (Å²) in [7, 11) is 4.41. The van der Waals surface area contributed by atoms with E-state index in [0.717, 1.165) is 5.92 Å². The van der Waals surface area contributed by atoms with Crippen LogP contribution in [-0.4, -0.2) is 50.1 Å². The Labute approximate surface area is 172 Å². The number of rotatable bonds is 19. The van der Waals surface area contributed by atoms with Crippen LogP contribution in [0.25, 0.3) is 0 Å². The summed E-state index contributed by atoms with van der Waals surface area (Å²) in [6.45, 7) is 7.61. The van der Waals surface area contributed by atoms with Crippen LogP contribution >= 0.6 is 0 Å². The second-order valence-corrected chi connectivity index (χ2v) is 9.52. The SMILES string of the molecule is CCCCCCCCCCCCCCCCCCN1CCC(CN(C)C)C1. The van der Waals surface area contributed by atoms with Crippen molar-refractivity contribution in [3.05, 3.63) is 0 Å². The molecule has 0 aromatic rings. The minimum Gasteiger partial charge on any atom is -0.309 e. The van der Waals surface area contributed by atoms with Gasteiger partial charge in [-0.2, -0.15) is 0 Å². The van der Waals surface area contributed by atoms with Gasteiger partial charge in [0, 0.05) is 13.1 Å². The van der Waals surface area contributed by atoms with Crippen LogP contribution in [0.2, 0.25) is 0 Å². The molecule has 162 valence electrons. The minimum atomic E-state index is 0.918. The van der Waals surface area contributed by atoms with Crippen LogP contribution in [-0.2, 0) is 0 Å². The van der Waals surface area contributed by atoms with E-state index < -0.39 is 0 Å². The quantitative estimate of drug-likeness (QED) is 0.220. The molecule has 0 radical (unpaired) electrons. The van der Waals surface area contributed by atoms with Crippen molar-refractivity contribution in [2.75, 3.05) is 40.3 Å². The van der Waals surface area contributed by atoms with Gasteiger partial charge < -0.3 is 9.80 Å². The average Bonchev–Trinajstić information content (AvgIpc) is 3.08. The molecule has 0 N–H and O–H groups in total. The Morgan fingerprint density at radius 1 is 0.667 bits per heavy atom. The highest BCUT2D eigenvalue weighted by Gasteiger charge is 2.21. The van der Waals surface area contributed by atoms with Gasteiger partial charge in [0.25, 0.3) is 0 Å². The molecule has 2 nitrogen and oxygen atoms in total. The molecule has 0 aromatic heterocycles. The van der Waals surface area contributed by atoms with Crippen molar-refractivity contribution in [2.24, 2.45) is 5.92 Å². The van der Waals surface area contributed by atoms with Gasteiger partial charge in [-0.05, 0) is 45.9 Å². The van der Waals surface area contributed by atoms with E-state index >= 15 is 0 Å². The summed E-state index contributed by atoms with van der Waals surface area (Å²) in [6.07, 6.45) is 24.8. The summed E-state index contributed by atoms with van der Waals surface area (Å²) in [5, 5.41) is 0. The summed E-state index contributed by atoms with van der Waals surface area (Å²) < 4.78 is 0. The Hall–Kier alpha value is -0.0800. The summed E-state index contributed by atoms with van der Waals surface area (Å²) in [4.78, 5) is 5.06. The highest BCUT2D eigenvalue weighted by molar-refractivity contribution is 4.76. The van der Waals surface area contributed by atoms with Gasteiger partial charge >= 0.3 is 0 Å². The lowest BCUT2D eigenvalue weighted by molar-refractivity contribution is 0.286. The molecule has 1 rings (SSSR count). The fourth-order valence-corrected chi connectivity index (χ4v) is 4.66. The van der Waals surface area contributed by atoms with Gasteiger partial charge in [0.05, 0.1) is 0 Å². The lowest BCUT2D eigenvalue weighted by Gasteiger charge is -2.18. The van der Waals surface area contributed by atoms with Gasteiger partial charge in [0.2, 0.25) is 0 Å². The summed E-state index contributed by atoms with van der Waals surface area (Å²) in [5.74, 6) is 0.918. The first kappa shape index (κ1) is 25.0. The molecular formula is C25H52N2. The van der Waals surface area contributed by atoms with Gasteiger partial charge in [-0.1, -0.05) is 103 Å². The van der Waals surface area contributed by atoms with Crippen LogP contribution in [0, 0.1) is 5.92 Å². The Bertz CT molecular complexity index is 303. The fraction of sp³-hybridized carbons (Fsp3) is 1.00. The number of unbranched alkanes of at least 4 members (excludes halogenated alkanes) is 15. The first-order valence-corrected chi connectivity index (χ1v) is 12.6. The molecule has 0 aliphatic carbocycles. The Kier molecular flexibility index (Phi) is 16.6. The summed E-state index contributed by atoms with van der Waals surface area (Å²) in [6, 6.07) is 0. The minimum absolute atomic E-state index is 0.918. The van der Waals surface area contributed by atoms with E-state index in [0.29, 0.717) is 0 Å². The van der Waals surface area contributed by atoms with Crippen LogP contribution in [0.15, 0.2) is 0 Å². The zero-order chi connectivity index (χ0) is 19.6. The molecule has 1 heterocycles. The first-order chi connectivity index (χ1) is 13.2. The second-order valence-electron chi connectivity index (χ2n) is 9.52. The molecule has 2 heteroatoms. The molecule has 0 amide bonds. The Morgan fingerprint density at radius 3 is 1.56 bits per heavy atom. The molecule has 1 atom stereocenters. The number of hydrogen-bond donors (Lipinski definition) is 0. The zero-order valence-electron chi connectivity index (χ0n) is 19.3. The smallest absolute Gasteiger partial charge is 0.00224 e. The van der Waals surface area contributed by atoms with Crippen LogP contribution < -0.4 is 0 Å². The third kappa shape index (κ3) is 15.5. The van der Waals surface area contributed by atoms with Gasteiger partial charge in [0.15, 0.2) is 0 Å². The fourth-order valence-electron chi connectivity index (χ4n) is 4.66. The number of hydrogen-bond acceptors (Lipinski definition) is 2. The van der Waals surface area contributed by atoms with Gasteiger partial charge in [0.1, 0.15) is 0 Å². The molecule has 1 saturated heterocycles. The molecule has 1 aliphatic rings. The molecule has 1 fully saturated rings. The average molecular weight is 381 g/mol. The molecule has 0 aromatic carbocycles. The third-order valence-corrected chi connectivity index (χ3v) is 6.32. The number of nitrogens with zero attached hydrogens (tertiary/aromatic N) is 2. The van der Waals surface area contributed by atoms with Crippen molar-refractivity contribution < 1.29 is 0 Å². The monoisotopic (exact) mass is 380 g/mol. The van der Waals surface area contributed by atoms with E-state index in [1.807, 2.05) is 0 Å². The van der Waals surface area contributed by atoms with Crippen LogP contribution in [0.4, 0.5) is 0 Å². The molecule has 0 spiro atoms. The maximum atomic E-state index is 2.71. The van der Waals surface area contributed by atoms with E-state index in [9.17, 15) is 0 Å². The highest BCUT2D eigenvalue weighted by atomic mass is 15.2. The van der Waals surface area contributed by atoms with E-state index in [1.165, 1.54) is 135 Å². The maximum absolute atomic E-state index is 2.71. The normalized spacial score (nSPS) is 18.0. The second kappa shape index (κ2) is 18.0. The van der Waals surface area contributed by atoms with Crippen molar-refractivity contribution in [1.29, 1.82) is 0 Å². The molecule has 27 heavy (non-hydrogen) atoms. The van der Waals surface area contributed by atoms with Crippen molar-refractivity contribution in [2.45, 2.75) is 116 Å². The molecule has 1 unspecified atom stereocenters. The van der Waals surface area contributed by atoms with Gasteiger partial charge in [-0.25, -0.2) is 0 Å². The molecular weight excluding hydrogens is 328 g/mol. The topological polar surface area (TPSA) is 6.48 Å². The number of likely N-dealkylation sites (tertiary alicyclic amines) is 1. The van der Waals surface area contributed by atoms with Crippen molar-refractivity contribution in [3.63, 3.8) is 0 Å². The highest BCUT2D eigenvalue weighted by Crippen LogP contribution is 2.18. The molecule has 0 bridgehead atoms. The van der Waals surface area contributed by atoms with Crippen LogP contribution in [0.5, 0.6) is 0 Å². The van der Waals surface area contributed by atoms with Crippen molar-refractivity contribution in [1.82, 2.24) is 9.80 Å². The van der Waals surface area contributed by atoms with Crippen LogP contribution in [0.1, 0.15) is 116 Å². The largest absolute Gasteiger partial charge is 0.309 e. The molecule has 0 saturated carbocycles. The summed E-state index contributed by atoms with van der Waals surface area (Å²) in [5.41, 5.74) is 0. The lowest BCUT2D eigenvalue weighted by atomic mass is 10.0. The van der Waals surface area contributed by atoms with E-state index in [1.54, 1.807) is 0 Å². The van der Waals surface area contributed by atoms with Crippen molar-refractivity contribution >= 4 is 0 Å². The van der Waals surface area contributed by atoms with Gasteiger partial charge in [-0.3, -0.25) is 0 Å². The summed E-state index contributed by atoms with van der Waals surface area (Å²) >= 11 is 0. The zero-order valence-corrected chi connectivity index (χ0v) is 19.3. The van der Waals surface area contributed by atoms with E-state index in [-0.39, 0.29) is 0 Å². The third-order valence-electron chi connectivity index (χ3n) is 6.32. The maximum Gasteiger partial charge on any atom is 0.00224 e. The van der Waals surface area contributed by atoms with Gasteiger partial charge in [-0.15, -0.1) is 0 Å². The predicted octanol–water partition coefficient (Wildman–Crippen LogP) is 7.13.